The van der Waals surface area contributed by atoms with Crippen molar-refractivity contribution in [3.05, 3.63) is 23.3 Å². The topological polar surface area (TPSA) is 104 Å². The summed E-state index contributed by atoms with van der Waals surface area (Å²) in [6.45, 7) is 10.9. The summed E-state index contributed by atoms with van der Waals surface area (Å²) >= 11 is 0. The lowest BCUT2D eigenvalue weighted by Crippen LogP contribution is -2.62. The maximum absolute atomic E-state index is 12.8. The van der Waals surface area contributed by atoms with Crippen LogP contribution in [-0.4, -0.2) is 51.5 Å². The Labute approximate surface area is 166 Å². The quantitative estimate of drug-likeness (QED) is 0.502. The smallest absolute Gasteiger partial charge is 0.302 e. The van der Waals surface area contributed by atoms with E-state index in [-0.39, 0.29) is 37.6 Å². The van der Waals surface area contributed by atoms with Crippen LogP contribution >= 0.6 is 0 Å². The fraction of sp³-hybridized carbons (Fsp3) is 0.727. The molecule has 2 fully saturated rings. The number of aliphatic hydroxyl groups is 3. The molecule has 156 valence electrons. The fourth-order valence-electron chi connectivity index (χ4n) is 5.94. The van der Waals surface area contributed by atoms with E-state index in [1.165, 1.54) is 6.92 Å². The van der Waals surface area contributed by atoms with Gasteiger partial charge in [-0.15, -0.1) is 0 Å². The van der Waals surface area contributed by atoms with Crippen molar-refractivity contribution < 1.29 is 29.6 Å². The summed E-state index contributed by atoms with van der Waals surface area (Å²) < 4.78 is 5.29. The van der Waals surface area contributed by atoms with Gasteiger partial charge in [-0.1, -0.05) is 27.4 Å². The number of esters is 1. The number of carbonyl (C=O) groups is 2. The Morgan fingerprint density at radius 3 is 2.57 bits per heavy atom. The standard InChI is InChI=1S/C22H32O6/c1-12(2)18-15(24)8-20(5)10-22(27)13(3)6-7-17(26)21(22,11-28-14(4)23)9-16(25)19(18)20/h12,16-17,25-27H,3,6-11H2,1-2,4-5H3. The number of Topliss-reactive ketones (excluding diaryl/α,β-unsaturated/α-hetero) is 1. The van der Waals surface area contributed by atoms with Crippen molar-refractivity contribution >= 4 is 11.8 Å². The fourth-order valence-corrected chi connectivity index (χ4v) is 5.94. The van der Waals surface area contributed by atoms with Crippen molar-refractivity contribution in [2.75, 3.05) is 6.61 Å². The molecule has 5 atom stereocenters. The number of ether oxygens (including phenoxy) is 1. The van der Waals surface area contributed by atoms with Gasteiger partial charge in [0.05, 0.1) is 23.2 Å². The third kappa shape index (κ3) is 2.88. The Morgan fingerprint density at radius 2 is 2.00 bits per heavy atom. The zero-order valence-corrected chi connectivity index (χ0v) is 17.2. The molecule has 2 saturated carbocycles. The van der Waals surface area contributed by atoms with Gasteiger partial charge in [-0.25, -0.2) is 0 Å². The average molecular weight is 392 g/mol. The van der Waals surface area contributed by atoms with Crippen LogP contribution in [0.25, 0.3) is 0 Å². The lowest BCUT2D eigenvalue weighted by Gasteiger charge is -2.54. The molecule has 0 aromatic carbocycles. The highest BCUT2D eigenvalue weighted by molar-refractivity contribution is 6.00. The van der Waals surface area contributed by atoms with Crippen molar-refractivity contribution in [1.29, 1.82) is 0 Å². The minimum Gasteiger partial charge on any atom is -0.465 e. The lowest BCUT2D eigenvalue weighted by atomic mass is 9.55. The molecule has 0 aliphatic heterocycles. The number of hydrogen-bond acceptors (Lipinski definition) is 6. The molecule has 0 aromatic rings. The Kier molecular flexibility index (Phi) is 5.14. The number of rotatable bonds is 3. The van der Waals surface area contributed by atoms with Gasteiger partial charge in [0.2, 0.25) is 0 Å². The molecular formula is C22H32O6. The highest BCUT2D eigenvalue weighted by Crippen LogP contribution is 2.62. The highest BCUT2D eigenvalue weighted by atomic mass is 16.5. The summed E-state index contributed by atoms with van der Waals surface area (Å²) in [6.07, 6.45) is -0.785. The van der Waals surface area contributed by atoms with Gasteiger partial charge in [0.1, 0.15) is 6.61 Å². The van der Waals surface area contributed by atoms with E-state index in [2.05, 4.69) is 6.58 Å². The first-order chi connectivity index (χ1) is 12.9. The van der Waals surface area contributed by atoms with Gasteiger partial charge >= 0.3 is 5.97 Å². The summed E-state index contributed by atoms with van der Waals surface area (Å²) in [5.74, 6) is -0.557. The zero-order valence-electron chi connectivity index (χ0n) is 17.2. The van der Waals surface area contributed by atoms with Crippen LogP contribution in [0.1, 0.15) is 59.8 Å². The SMILES string of the molecule is C=C1CCC(O)C2(COC(C)=O)CC(O)C3=C(C(C)C)C(=O)CC3(C)CC12O. The van der Waals surface area contributed by atoms with E-state index in [0.29, 0.717) is 29.6 Å². The van der Waals surface area contributed by atoms with Gasteiger partial charge in [-0.3, -0.25) is 9.59 Å². The summed E-state index contributed by atoms with van der Waals surface area (Å²) in [5, 5.41) is 34.1. The monoisotopic (exact) mass is 392 g/mol. The predicted molar refractivity (Wildman–Crippen MR) is 103 cm³/mol. The van der Waals surface area contributed by atoms with Gasteiger partial charge in [0.15, 0.2) is 5.78 Å². The second-order valence-corrected chi connectivity index (χ2v) is 9.49. The molecule has 0 heterocycles. The summed E-state index contributed by atoms with van der Waals surface area (Å²) in [6, 6.07) is 0. The van der Waals surface area contributed by atoms with Crippen LogP contribution in [0.15, 0.2) is 23.3 Å². The summed E-state index contributed by atoms with van der Waals surface area (Å²) in [5.41, 5.74) is -1.70. The third-order valence-corrected chi connectivity index (χ3v) is 7.20. The first-order valence-corrected chi connectivity index (χ1v) is 10.1. The van der Waals surface area contributed by atoms with Crippen molar-refractivity contribution in [3.8, 4) is 0 Å². The maximum atomic E-state index is 12.8. The predicted octanol–water partition coefficient (Wildman–Crippen LogP) is 2.06. The number of allylic oxidation sites excluding steroid dienone is 1. The van der Waals surface area contributed by atoms with E-state index < -0.39 is 34.6 Å². The molecule has 28 heavy (non-hydrogen) atoms. The molecule has 3 rings (SSSR count). The summed E-state index contributed by atoms with van der Waals surface area (Å²) in [7, 11) is 0. The Hall–Kier alpha value is -1.50. The van der Waals surface area contributed by atoms with Crippen molar-refractivity contribution in [2.45, 2.75) is 77.6 Å². The summed E-state index contributed by atoms with van der Waals surface area (Å²) in [4.78, 5) is 24.3. The molecule has 3 aliphatic carbocycles. The number of fused-ring (bicyclic) bond motifs is 2. The van der Waals surface area contributed by atoms with Crippen LogP contribution in [0.3, 0.4) is 0 Å². The first-order valence-electron chi connectivity index (χ1n) is 10.1. The van der Waals surface area contributed by atoms with Crippen LogP contribution < -0.4 is 0 Å². The van der Waals surface area contributed by atoms with Gasteiger partial charge in [-0.2, -0.15) is 0 Å². The molecule has 5 unspecified atom stereocenters. The van der Waals surface area contributed by atoms with Crippen LogP contribution in [0, 0.1) is 16.7 Å². The molecule has 3 aliphatic rings. The van der Waals surface area contributed by atoms with Crippen molar-refractivity contribution in [3.63, 3.8) is 0 Å². The van der Waals surface area contributed by atoms with Crippen LogP contribution in [0.2, 0.25) is 0 Å². The van der Waals surface area contributed by atoms with Gasteiger partial charge < -0.3 is 20.1 Å². The Balaban J connectivity index is 2.21. The molecule has 0 spiro atoms. The number of hydrogen-bond donors (Lipinski definition) is 3. The minimum absolute atomic E-state index is 0.00426. The lowest BCUT2D eigenvalue weighted by molar-refractivity contribution is -0.191. The van der Waals surface area contributed by atoms with E-state index in [0.717, 1.165) is 0 Å². The normalized spacial score (nSPS) is 41.0. The van der Waals surface area contributed by atoms with Gasteiger partial charge in [-0.05, 0) is 42.7 Å². The van der Waals surface area contributed by atoms with E-state index in [4.69, 9.17) is 4.74 Å². The van der Waals surface area contributed by atoms with E-state index in [9.17, 15) is 24.9 Å². The molecule has 0 saturated heterocycles. The number of carbonyl (C=O) groups excluding carboxylic acids is 2. The molecule has 0 aromatic heterocycles. The molecule has 0 radical (unpaired) electrons. The molecular weight excluding hydrogens is 360 g/mol. The highest BCUT2D eigenvalue weighted by Gasteiger charge is 2.65. The van der Waals surface area contributed by atoms with Crippen molar-refractivity contribution in [1.82, 2.24) is 0 Å². The van der Waals surface area contributed by atoms with Crippen molar-refractivity contribution in [2.24, 2.45) is 16.7 Å². The number of aliphatic hydroxyl groups excluding tert-OH is 2. The molecule has 3 N–H and O–H groups in total. The van der Waals surface area contributed by atoms with Crippen LogP contribution in [0.4, 0.5) is 0 Å². The second-order valence-electron chi connectivity index (χ2n) is 9.49. The minimum atomic E-state index is -1.55. The molecule has 6 heteroatoms. The van der Waals surface area contributed by atoms with Gasteiger partial charge in [0, 0.05) is 24.3 Å². The largest absolute Gasteiger partial charge is 0.465 e. The van der Waals surface area contributed by atoms with Gasteiger partial charge in [0.25, 0.3) is 0 Å². The Bertz CT molecular complexity index is 752. The third-order valence-electron chi connectivity index (χ3n) is 7.20. The molecule has 0 bridgehead atoms. The van der Waals surface area contributed by atoms with E-state index >= 15 is 0 Å². The molecule has 0 amide bonds. The average Bonchev–Trinajstić information content (AvgIpc) is 2.80. The van der Waals surface area contributed by atoms with E-state index in [1.54, 1.807) is 0 Å². The van der Waals surface area contributed by atoms with E-state index in [1.807, 2.05) is 20.8 Å². The van der Waals surface area contributed by atoms with Crippen LogP contribution in [0.5, 0.6) is 0 Å². The maximum Gasteiger partial charge on any atom is 0.302 e. The Morgan fingerprint density at radius 1 is 1.36 bits per heavy atom. The second kappa shape index (κ2) is 6.78. The zero-order chi connectivity index (χ0) is 21.1. The molecule has 6 nitrogen and oxygen atoms in total. The first kappa shape index (κ1) is 21.2. The van der Waals surface area contributed by atoms with Crippen LogP contribution in [-0.2, 0) is 14.3 Å². The number of ketones is 1.